The van der Waals surface area contributed by atoms with Crippen LogP contribution in [0.15, 0.2) is 12.2 Å². The van der Waals surface area contributed by atoms with Crippen LogP contribution in [0.1, 0.15) is 32.6 Å². The van der Waals surface area contributed by atoms with Crippen molar-refractivity contribution in [3.05, 3.63) is 12.2 Å². The SMILES string of the molecule is C=C(C)C(=O)N(C)C1CCCC1. The fourth-order valence-corrected chi connectivity index (χ4v) is 1.76. The molecule has 0 aromatic heterocycles. The first-order chi connectivity index (χ1) is 5.63. The van der Waals surface area contributed by atoms with Gasteiger partial charge >= 0.3 is 0 Å². The summed E-state index contributed by atoms with van der Waals surface area (Å²) in [5.74, 6) is 0.0990. The number of nitrogens with zero attached hydrogens (tertiary/aromatic N) is 1. The van der Waals surface area contributed by atoms with Gasteiger partial charge in [-0.2, -0.15) is 0 Å². The minimum atomic E-state index is 0.0990. The molecule has 0 aromatic carbocycles. The van der Waals surface area contributed by atoms with Crippen molar-refractivity contribution >= 4 is 5.91 Å². The summed E-state index contributed by atoms with van der Waals surface area (Å²) < 4.78 is 0. The molecule has 2 heteroatoms. The number of carbonyl (C=O) groups is 1. The Morgan fingerprint density at radius 2 is 1.92 bits per heavy atom. The number of carbonyl (C=O) groups excluding carboxylic acids is 1. The van der Waals surface area contributed by atoms with Gasteiger partial charge in [-0.25, -0.2) is 0 Å². The van der Waals surface area contributed by atoms with Crippen LogP contribution in [0.4, 0.5) is 0 Å². The lowest BCUT2D eigenvalue weighted by Crippen LogP contribution is -2.35. The van der Waals surface area contributed by atoms with Crippen molar-refractivity contribution in [2.75, 3.05) is 7.05 Å². The second-order valence-corrected chi connectivity index (χ2v) is 3.63. The Bertz CT molecular complexity index is 192. The van der Waals surface area contributed by atoms with E-state index in [-0.39, 0.29) is 5.91 Å². The van der Waals surface area contributed by atoms with Gasteiger partial charge in [0, 0.05) is 18.7 Å². The molecule has 0 atom stereocenters. The third-order valence-electron chi connectivity index (χ3n) is 2.56. The maximum absolute atomic E-state index is 11.5. The van der Waals surface area contributed by atoms with Crippen molar-refractivity contribution < 1.29 is 4.79 Å². The molecule has 0 aliphatic heterocycles. The second kappa shape index (κ2) is 3.74. The number of amides is 1. The number of hydrogen-bond donors (Lipinski definition) is 0. The van der Waals surface area contributed by atoms with Crippen molar-refractivity contribution in [2.24, 2.45) is 0 Å². The minimum Gasteiger partial charge on any atom is -0.339 e. The molecule has 1 saturated carbocycles. The van der Waals surface area contributed by atoms with E-state index in [0.717, 1.165) is 12.8 Å². The van der Waals surface area contributed by atoms with Gasteiger partial charge in [-0.15, -0.1) is 0 Å². The van der Waals surface area contributed by atoms with Crippen LogP contribution in [0.3, 0.4) is 0 Å². The Kier molecular flexibility index (Phi) is 2.90. The zero-order valence-corrected chi connectivity index (χ0v) is 7.97. The third kappa shape index (κ3) is 1.87. The first kappa shape index (κ1) is 9.30. The fourth-order valence-electron chi connectivity index (χ4n) is 1.76. The Hall–Kier alpha value is -0.790. The number of rotatable bonds is 2. The van der Waals surface area contributed by atoms with Crippen molar-refractivity contribution in [2.45, 2.75) is 38.6 Å². The van der Waals surface area contributed by atoms with E-state index in [2.05, 4.69) is 6.58 Å². The van der Waals surface area contributed by atoms with Crippen molar-refractivity contribution in [3.63, 3.8) is 0 Å². The molecule has 0 aromatic rings. The molecule has 2 nitrogen and oxygen atoms in total. The number of likely N-dealkylation sites (N-methyl/N-ethyl adjacent to an activating group) is 1. The maximum atomic E-state index is 11.5. The largest absolute Gasteiger partial charge is 0.339 e. The first-order valence-electron chi connectivity index (χ1n) is 4.55. The second-order valence-electron chi connectivity index (χ2n) is 3.63. The van der Waals surface area contributed by atoms with Crippen molar-refractivity contribution in [1.29, 1.82) is 0 Å². The van der Waals surface area contributed by atoms with Crippen LogP contribution >= 0.6 is 0 Å². The predicted octanol–water partition coefficient (Wildman–Crippen LogP) is 1.96. The highest BCUT2D eigenvalue weighted by molar-refractivity contribution is 5.92. The molecule has 0 spiro atoms. The van der Waals surface area contributed by atoms with Crippen molar-refractivity contribution in [1.82, 2.24) is 4.90 Å². The Morgan fingerprint density at radius 3 is 2.33 bits per heavy atom. The van der Waals surface area contributed by atoms with Gasteiger partial charge in [0.1, 0.15) is 0 Å². The summed E-state index contributed by atoms with van der Waals surface area (Å²) >= 11 is 0. The molecule has 1 aliphatic rings. The predicted molar refractivity (Wildman–Crippen MR) is 49.8 cm³/mol. The quantitative estimate of drug-likeness (QED) is 0.576. The van der Waals surface area contributed by atoms with Gasteiger partial charge in [-0.05, 0) is 19.8 Å². The molecule has 0 unspecified atom stereocenters. The molecule has 1 amide bonds. The Labute approximate surface area is 74.2 Å². The zero-order valence-electron chi connectivity index (χ0n) is 7.97. The van der Waals surface area contributed by atoms with E-state index in [4.69, 9.17) is 0 Å². The van der Waals surface area contributed by atoms with E-state index in [1.807, 2.05) is 11.9 Å². The molecule has 1 rings (SSSR count). The molecule has 1 aliphatic carbocycles. The summed E-state index contributed by atoms with van der Waals surface area (Å²) in [5, 5.41) is 0. The van der Waals surface area contributed by atoms with Gasteiger partial charge in [0.05, 0.1) is 0 Å². The van der Waals surface area contributed by atoms with E-state index < -0.39 is 0 Å². The van der Waals surface area contributed by atoms with Gasteiger partial charge < -0.3 is 4.90 Å². The third-order valence-corrected chi connectivity index (χ3v) is 2.56. The summed E-state index contributed by atoms with van der Waals surface area (Å²) in [6, 6.07) is 0.467. The molecule has 0 saturated heterocycles. The van der Waals surface area contributed by atoms with E-state index >= 15 is 0 Å². The highest BCUT2D eigenvalue weighted by Crippen LogP contribution is 2.22. The van der Waals surface area contributed by atoms with Gasteiger partial charge in [0.2, 0.25) is 5.91 Å². The average Bonchev–Trinajstić information content (AvgIpc) is 2.53. The van der Waals surface area contributed by atoms with Gasteiger partial charge in [-0.3, -0.25) is 4.79 Å². The summed E-state index contributed by atoms with van der Waals surface area (Å²) in [6.45, 7) is 5.43. The van der Waals surface area contributed by atoms with Gasteiger partial charge in [-0.1, -0.05) is 19.4 Å². The molecular weight excluding hydrogens is 150 g/mol. The topological polar surface area (TPSA) is 20.3 Å². The summed E-state index contributed by atoms with van der Waals surface area (Å²) in [6.07, 6.45) is 4.85. The van der Waals surface area contributed by atoms with Crippen LogP contribution in [-0.2, 0) is 4.79 Å². The lowest BCUT2D eigenvalue weighted by atomic mass is 10.2. The van der Waals surface area contributed by atoms with Crippen LogP contribution in [0, 0.1) is 0 Å². The standard InChI is InChI=1S/C10H17NO/c1-8(2)10(12)11(3)9-6-4-5-7-9/h9H,1,4-7H2,2-3H3. The van der Waals surface area contributed by atoms with Crippen LogP contribution < -0.4 is 0 Å². The molecule has 0 radical (unpaired) electrons. The van der Waals surface area contributed by atoms with E-state index in [0.29, 0.717) is 11.6 Å². The monoisotopic (exact) mass is 167 g/mol. The molecular formula is C10H17NO. The highest BCUT2D eigenvalue weighted by Gasteiger charge is 2.23. The zero-order chi connectivity index (χ0) is 9.14. The minimum absolute atomic E-state index is 0.0990. The summed E-state index contributed by atoms with van der Waals surface area (Å²) in [4.78, 5) is 13.3. The lowest BCUT2D eigenvalue weighted by molar-refractivity contribution is -0.127. The summed E-state index contributed by atoms with van der Waals surface area (Å²) in [7, 11) is 1.88. The molecule has 1 fully saturated rings. The van der Waals surface area contributed by atoms with Crippen LogP contribution in [0.25, 0.3) is 0 Å². The smallest absolute Gasteiger partial charge is 0.248 e. The number of hydrogen-bond acceptors (Lipinski definition) is 1. The van der Waals surface area contributed by atoms with Gasteiger partial charge in [0.25, 0.3) is 0 Å². The van der Waals surface area contributed by atoms with Crippen molar-refractivity contribution in [3.8, 4) is 0 Å². The maximum Gasteiger partial charge on any atom is 0.248 e. The lowest BCUT2D eigenvalue weighted by Gasteiger charge is -2.24. The van der Waals surface area contributed by atoms with E-state index in [1.54, 1.807) is 6.92 Å². The Morgan fingerprint density at radius 1 is 1.42 bits per heavy atom. The van der Waals surface area contributed by atoms with E-state index in [9.17, 15) is 4.79 Å². The van der Waals surface area contributed by atoms with Gasteiger partial charge in [0.15, 0.2) is 0 Å². The van der Waals surface area contributed by atoms with Crippen LogP contribution in [0.5, 0.6) is 0 Å². The highest BCUT2D eigenvalue weighted by atomic mass is 16.2. The Balaban J connectivity index is 2.51. The molecule has 12 heavy (non-hydrogen) atoms. The van der Waals surface area contributed by atoms with Crippen LogP contribution in [0.2, 0.25) is 0 Å². The molecule has 68 valence electrons. The fraction of sp³-hybridized carbons (Fsp3) is 0.700. The van der Waals surface area contributed by atoms with E-state index in [1.165, 1.54) is 12.8 Å². The average molecular weight is 167 g/mol. The summed E-state index contributed by atoms with van der Waals surface area (Å²) in [5.41, 5.74) is 0.643. The molecule has 0 N–H and O–H groups in total. The normalized spacial score (nSPS) is 17.8. The first-order valence-corrected chi connectivity index (χ1v) is 4.55. The van der Waals surface area contributed by atoms with Crippen LogP contribution in [-0.4, -0.2) is 23.9 Å². The molecule has 0 bridgehead atoms. The molecule has 0 heterocycles.